The van der Waals surface area contributed by atoms with Gasteiger partial charge in [-0.05, 0) is 24.3 Å². The normalized spacial score (nSPS) is 10.2. The van der Waals surface area contributed by atoms with Gasteiger partial charge in [0, 0.05) is 6.07 Å². The Balaban J connectivity index is 2.07. The van der Waals surface area contributed by atoms with E-state index in [1.807, 2.05) is 0 Å². The Morgan fingerprint density at radius 3 is 2.33 bits per heavy atom. The van der Waals surface area contributed by atoms with Crippen LogP contribution in [0.1, 0.15) is 20.7 Å². The first-order valence-corrected chi connectivity index (χ1v) is 5.99. The molecule has 0 aliphatic carbocycles. The van der Waals surface area contributed by atoms with Gasteiger partial charge in [0.2, 0.25) is 5.78 Å². The van der Waals surface area contributed by atoms with Crippen LogP contribution in [0, 0.1) is 11.6 Å². The van der Waals surface area contributed by atoms with E-state index in [0.717, 1.165) is 18.2 Å². The number of carbonyl (C=O) groups is 2. The molecule has 0 unspecified atom stereocenters. The Labute approximate surface area is 119 Å². The second-order valence-corrected chi connectivity index (χ2v) is 4.20. The Morgan fingerprint density at radius 1 is 1.00 bits per heavy atom. The van der Waals surface area contributed by atoms with Crippen LogP contribution in [0.3, 0.4) is 0 Å². The van der Waals surface area contributed by atoms with E-state index in [9.17, 15) is 18.4 Å². The predicted octanol–water partition coefficient (Wildman–Crippen LogP) is 2.33. The van der Waals surface area contributed by atoms with Gasteiger partial charge < -0.3 is 10.5 Å². The SMILES string of the molecule is NC(=O)c1ccc(OCC(=O)c2ccccc2F)cc1F. The van der Waals surface area contributed by atoms with Crippen LogP contribution in [0.4, 0.5) is 8.78 Å². The smallest absolute Gasteiger partial charge is 0.251 e. The van der Waals surface area contributed by atoms with E-state index in [2.05, 4.69) is 0 Å². The monoisotopic (exact) mass is 291 g/mol. The number of halogens is 2. The van der Waals surface area contributed by atoms with E-state index >= 15 is 0 Å². The molecular weight excluding hydrogens is 280 g/mol. The van der Waals surface area contributed by atoms with Crippen LogP contribution in [0.15, 0.2) is 42.5 Å². The fraction of sp³-hybridized carbons (Fsp3) is 0.0667. The molecule has 2 aromatic carbocycles. The molecule has 0 atom stereocenters. The first kappa shape index (κ1) is 14.6. The van der Waals surface area contributed by atoms with Gasteiger partial charge in [-0.2, -0.15) is 0 Å². The van der Waals surface area contributed by atoms with Gasteiger partial charge in [-0.1, -0.05) is 12.1 Å². The molecule has 0 radical (unpaired) electrons. The van der Waals surface area contributed by atoms with Crippen molar-refractivity contribution in [2.24, 2.45) is 5.73 Å². The third-order valence-electron chi connectivity index (χ3n) is 2.75. The molecule has 0 aliphatic heterocycles. The van der Waals surface area contributed by atoms with Gasteiger partial charge in [0.25, 0.3) is 5.91 Å². The fourth-order valence-corrected chi connectivity index (χ4v) is 1.70. The number of Topliss-reactive ketones (excluding diaryl/α,β-unsaturated/α-hetero) is 1. The number of carbonyl (C=O) groups excluding carboxylic acids is 2. The number of hydrogen-bond acceptors (Lipinski definition) is 3. The number of primary amides is 1. The lowest BCUT2D eigenvalue weighted by atomic mass is 10.1. The molecule has 2 rings (SSSR count). The minimum Gasteiger partial charge on any atom is -0.485 e. The van der Waals surface area contributed by atoms with Crippen molar-refractivity contribution in [2.45, 2.75) is 0 Å². The van der Waals surface area contributed by atoms with Crippen molar-refractivity contribution in [1.29, 1.82) is 0 Å². The molecule has 0 fully saturated rings. The van der Waals surface area contributed by atoms with Crippen molar-refractivity contribution in [3.63, 3.8) is 0 Å². The second-order valence-electron chi connectivity index (χ2n) is 4.20. The van der Waals surface area contributed by atoms with Crippen LogP contribution < -0.4 is 10.5 Å². The molecule has 0 saturated carbocycles. The number of amides is 1. The highest BCUT2D eigenvalue weighted by Gasteiger charge is 2.13. The number of hydrogen-bond donors (Lipinski definition) is 1. The maximum Gasteiger partial charge on any atom is 0.251 e. The Kier molecular flexibility index (Phi) is 4.27. The highest BCUT2D eigenvalue weighted by Crippen LogP contribution is 2.17. The third-order valence-corrected chi connectivity index (χ3v) is 2.75. The average molecular weight is 291 g/mol. The molecule has 108 valence electrons. The van der Waals surface area contributed by atoms with Gasteiger partial charge in [0.15, 0.2) is 6.61 Å². The molecule has 0 spiro atoms. The van der Waals surface area contributed by atoms with E-state index < -0.39 is 29.9 Å². The van der Waals surface area contributed by atoms with Gasteiger partial charge in [-0.15, -0.1) is 0 Å². The molecule has 2 N–H and O–H groups in total. The number of benzene rings is 2. The summed E-state index contributed by atoms with van der Waals surface area (Å²) in [5.41, 5.74) is 4.58. The molecule has 2 aromatic rings. The van der Waals surface area contributed by atoms with Crippen molar-refractivity contribution < 1.29 is 23.1 Å². The third kappa shape index (κ3) is 3.42. The lowest BCUT2D eigenvalue weighted by Gasteiger charge is -2.07. The molecule has 0 saturated heterocycles. The molecule has 1 amide bonds. The van der Waals surface area contributed by atoms with Gasteiger partial charge in [-0.25, -0.2) is 8.78 Å². The zero-order valence-corrected chi connectivity index (χ0v) is 10.8. The van der Waals surface area contributed by atoms with Crippen molar-refractivity contribution in [2.75, 3.05) is 6.61 Å². The molecule has 6 heteroatoms. The molecular formula is C15H11F2NO3. The number of ether oxygens (including phenoxy) is 1. The first-order valence-electron chi connectivity index (χ1n) is 5.99. The second kappa shape index (κ2) is 6.13. The zero-order valence-electron chi connectivity index (χ0n) is 10.8. The maximum absolute atomic E-state index is 13.5. The highest BCUT2D eigenvalue weighted by atomic mass is 19.1. The largest absolute Gasteiger partial charge is 0.485 e. The fourth-order valence-electron chi connectivity index (χ4n) is 1.70. The molecule has 0 bridgehead atoms. The Hall–Kier alpha value is -2.76. The summed E-state index contributed by atoms with van der Waals surface area (Å²) in [4.78, 5) is 22.6. The summed E-state index contributed by atoms with van der Waals surface area (Å²) in [7, 11) is 0. The number of rotatable bonds is 5. The minimum absolute atomic E-state index is 0.0437. The van der Waals surface area contributed by atoms with Crippen molar-refractivity contribution >= 4 is 11.7 Å². The van der Waals surface area contributed by atoms with E-state index in [1.165, 1.54) is 24.3 Å². The van der Waals surface area contributed by atoms with Crippen molar-refractivity contribution in [3.8, 4) is 5.75 Å². The summed E-state index contributed by atoms with van der Waals surface area (Å²) < 4.78 is 32.0. The van der Waals surface area contributed by atoms with Gasteiger partial charge in [0.1, 0.15) is 17.4 Å². The van der Waals surface area contributed by atoms with Crippen LogP contribution in [-0.2, 0) is 0 Å². The van der Waals surface area contributed by atoms with E-state index in [1.54, 1.807) is 0 Å². The van der Waals surface area contributed by atoms with Gasteiger partial charge in [-0.3, -0.25) is 9.59 Å². The first-order chi connectivity index (χ1) is 9.99. The molecule has 4 nitrogen and oxygen atoms in total. The minimum atomic E-state index is -0.901. The molecule has 0 aliphatic rings. The predicted molar refractivity (Wildman–Crippen MR) is 71.1 cm³/mol. The van der Waals surface area contributed by atoms with Crippen LogP contribution in [-0.4, -0.2) is 18.3 Å². The van der Waals surface area contributed by atoms with E-state index in [4.69, 9.17) is 10.5 Å². The van der Waals surface area contributed by atoms with Crippen LogP contribution >= 0.6 is 0 Å². The van der Waals surface area contributed by atoms with Crippen LogP contribution in [0.25, 0.3) is 0 Å². The van der Waals surface area contributed by atoms with Crippen molar-refractivity contribution in [1.82, 2.24) is 0 Å². The average Bonchev–Trinajstić information content (AvgIpc) is 2.45. The van der Waals surface area contributed by atoms with Gasteiger partial charge >= 0.3 is 0 Å². The lowest BCUT2D eigenvalue weighted by molar-refractivity contribution is 0.0915. The van der Waals surface area contributed by atoms with E-state index in [0.29, 0.717) is 0 Å². The highest BCUT2D eigenvalue weighted by molar-refractivity contribution is 5.97. The summed E-state index contributed by atoms with van der Waals surface area (Å²) in [5.74, 6) is -2.93. The number of ketones is 1. The molecule has 0 aromatic heterocycles. The number of nitrogens with two attached hydrogens (primary N) is 1. The zero-order chi connectivity index (χ0) is 15.4. The topological polar surface area (TPSA) is 69.4 Å². The lowest BCUT2D eigenvalue weighted by Crippen LogP contribution is -2.15. The summed E-state index contributed by atoms with van der Waals surface area (Å²) in [6.45, 7) is -0.448. The Morgan fingerprint density at radius 2 is 1.71 bits per heavy atom. The molecule has 21 heavy (non-hydrogen) atoms. The standard InChI is InChI=1S/C15H11F2NO3/c16-12-4-2-1-3-10(12)14(19)8-21-9-5-6-11(15(18)20)13(17)7-9/h1-7H,8H2,(H2,18,20). The van der Waals surface area contributed by atoms with Crippen molar-refractivity contribution in [3.05, 3.63) is 65.2 Å². The molecule has 0 heterocycles. The quantitative estimate of drug-likeness (QED) is 0.859. The Bertz CT molecular complexity index is 701. The van der Waals surface area contributed by atoms with Crippen LogP contribution in [0.5, 0.6) is 5.75 Å². The maximum atomic E-state index is 13.5. The van der Waals surface area contributed by atoms with E-state index in [-0.39, 0.29) is 16.9 Å². The summed E-state index contributed by atoms with van der Waals surface area (Å²) in [6.07, 6.45) is 0. The van der Waals surface area contributed by atoms with Gasteiger partial charge in [0.05, 0.1) is 11.1 Å². The summed E-state index contributed by atoms with van der Waals surface area (Å²) in [6, 6.07) is 8.88. The summed E-state index contributed by atoms with van der Waals surface area (Å²) >= 11 is 0. The summed E-state index contributed by atoms with van der Waals surface area (Å²) in [5, 5.41) is 0. The van der Waals surface area contributed by atoms with Crippen LogP contribution in [0.2, 0.25) is 0 Å².